The number of amides is 4. The van der Waals surface area contributed by atoms with E-state index in [2.05, 4.69) is 16.1 Å². The SMILES string of the molecule is CC1NC(=O)C(C(C)C)NC(=O)OC(C)(C)COC(=O)C(C)(C)C=Cc2ccc3ccc(nc3c2)C(C)N(C)C(=O)C2CCCN(N2)C1=O. The Labute approximate surface area is 288 Å². The molecular formula is C36H50N6O7. The monoisotopic (exact) mass is 678 g/mol. The maximum absolute atomic E-state index is 13.7. The first kappa shape index (κ1) is 37.3. The summed E-state index contributed by atoms with van der Waals surface area (Å²) in [4.78, 5) is 73.0. The fourth-order valence-corrected chi connectivity index (χ4v) is 5.61. The lowest BCUT2D eigenvalue weighted by Crippen LogP contribution is -2.62. The first-order valence-electron chi connectivity index (χ1n) is 16.8. The van der Waals surface area contributed by atoms with Crippen LogP contribution in [-0.4, -0.2) is 88.6 Å². The van der Waals surface area contributed by atoms with Gasteiger partial charge >= 0.3 is 12.1 Å². The van der Waals surface area contributed by atoms with Gasteiger partial charge in [0.15, 0.2) is 0 Å². The summed E-state index contributed by atoms with van der Waals surface area (Å²) in [6.45, 7) is 13.8. The van der Waals surface area contributed by atoms with Crippen LogP contribution in [-0.2, 0) is 28.7 Å². The Hall–Kier alpha value is -4.52. The van der Waals surface area contributed by atoms with Crippen LogP contribution in [0.2, 0.25) is 0 Å². The topological polar surface area (TPSA) is 159 Å². The summed E-state index contributed by atoms with van der Waals surface area (Å²) in [6, 6.07) is 6.65. The van der Waals surface area contributed by atoms with Crippen molar-refractivity contribution < 1.29 is 33.4 Å². The molecule has 0 radical (unpaired) electrons. The van der Waals surface area contributed by atoms with Gasteiger partial charge in [-0.25, -0.2) is 10.2 Å². The average molecular weight is 679 g/mol. The Kier molecular flexibility index (Phi) is 11.4. The third kappa shape index (κ3) is 9.14. The van der Waals surface area contributed by atoms with Gasteiger partial charge in [0.05, 0.1) is 22.7 Å². The number of benzene rings is 1. The first-order chi connectivity index (χ1) is 22.9. The minimum absolute atomic E-state index is 0.193. The van der Waals surface area contributed by atoms with E-state index in [4.69, 9.17) is 14.5 Å². The molecule has 1 aromatic heterocycles. The standard InChI is InChI=1S/C36H50N6O7/c1-21(2)29-30(43)37-22(3)31(44)42-18-10-11-27(40-42)32(45)41(9)23(4)26-15-14-25-13-12-24(19-28(25)38-26)16-17-35(5,6)33(46)48-20-36(7,8)49-34(47)39-29/h12-17,19,21-23,27,29,40H,10-11,18,20H2,1-9H3,(H,37,43)(H,39,47). The Morgan fingerprint density at radius 1 is 0.959 bits per heavy atom. The van der Waals surface area contributed by atoms with Gasteiger partial charge in [0.1, 0.15) is 30.3 Å². The number of aromatic nitrogens is 1. The van der Waals surface area contributed by atoms with Gasteiger partial charge in [0.2, 0.25) is 11.8 Å². The largest absolute Gasteiger partial charge is 0.461 e. The Morgan fingerprint density at radius 2 is 1.65 bits per heavy atom. The molecule has 1 fully saturated rings. The summed E-state index contributed by atoms with van der Waals surface area (Å²) < 4.78 is 11.1. The molecule has 3 heterocycles. The maximum Gasteiger partial charge on any atom is 0.408 e. The molecule has 13 heteroatoms. The molecule has 49 heavy (non-hydrogen) atoms. The van der Waals surface area contributed by atoms with E-state index in [9.17, 15) is 24.0 Å². The fraction of sp³-hybridized carbons (Fsp3) is 0.556. The van der Waals surface area contributed by atoms with Crippen LogP contribution in [0.1, 0.15) is 85.5 Å². The molecule has 3 N–H and O–H groups in total. The number of cyclic esters (lactones) is 2. The number of nitrogens with one attached hydrogen (secondary N) is 3. The molecule has 266 valence electrons. The predicted molar refractivity (Wildman–Crippen MR) is 184 cm³/mol. The number of carbonyl (C=O) groups excluding carboxylic acids is 5. The highest BCUT2D eigenvalue weighted by Gasteiger charge is 2.36. The van der Waals surface area contributed by atoms with Gasteiger partial charge in [0.25, 0.3) is 5.91 Å². The predicted octanol–water partition coefficient (Wildman–Crippen LogP) is 3.88. The minimum Gasteiger partial charge on any atom is -0.461 e. The molecular weight excluding hydrogens is 628 g/mol. The van der Waals surface area contributed by atoms with Crippen molar-refractivity contribution in [3.63, 3.8) is 0 Å². The van der Waals surface area contributed by atoms with Gasteiger partial charge in [-0.3, -0.25) is 29.2 Å². The zero-order valence-corrected chi connectivity index (χ0v) is 30.0. The number of pyridine rings is 1. The summed E-state index contributed by atoms with van der Waals surface area (Å²) in [6.07, 6.45) is 3.82. The fourth-order valence-electron chi connectivity index (χ4n) is 5.61. The highest BCUT2D eigenvalue weighted by Crippen LogP contribution is 2.26. The number of alkyl carbamates (subject to hydrolysis) is 1. The lowest BCUT2D eigenvalue weighted by molar-refractivity contribution is -0.157. The molecule has 2 aliphatic heterocycles. The second-order valence-corrected chi connectivity index (χ2v) is 14.5. The zero-order valence-electron chi connectivity index (χ0n) is 30.0. The van der Waals surface area contributed by atoms with Crippen LogP contribution in [0, 0.1) is 11.3 Å². The molecule has 4 unspecified atom stereocenters. The molecule has 5 bridgehead atoms. The number of fused-ring (bicyclic) bond motifs is 4. The Balaban J connectivity index is 1.66. The van der Waals surface area contributed by atoms with Gasteiger partial charge in [-0.15, -0.1) is 0 Å². The second-order valence-electron chi connectivity index (χ2n) is 14.5. The highest BCUT2D eigenvalue weighted by molar-refractivity contribution is 5.91. The van der Waals surface area contributed by atoms with Crippen LogP contribution in [0.15, 0.2) is 36.4 Å². The quantitative estimate of drug-likeness (QED) is 0.381. The van der Waals surface area contributed by atoms with E-state index in [-0.39, 0.29) is 24.5 Å². The molecule has 2 aromatic rings. The Bertz CT molecular complexity index is 1620. The molecule has 1 saturated heterocycles. The van der Waals surface area contributed by atoms with E-state index in [0.717, 1.165) is 16.5 Å². The number of likely N-dealkylation sites (N-methyl/N-ethyl adjacent to an activating group) is 1. The van der Waals surface area contributed by atoms with Crippen LogP contribution in [0.3, 0.4) is 0 Å². The van der Waals surface area contributed by atoms with Crippen LogP contribution < -0.4 is 16.1 Å². The minimum atomic E-state index is -1.22. The Morgan fingerprint density at radius 3 is 2.35 bits per heavy atom. The summed E-state index contributed by atoms with van der Waals surface area (Å²) in [5.74, 6) is -2.04. The number of ether oxygens (including phenoxy) is 2. The van der Waals surface area contributed by atoms with Crippen LogP contribution >= 0.6 is 0 Å². The van der Waals surface area contributed by atoms with Crippen LogP contribution in [0.5, 0.6) is 0 Å². The van der Waals surface area contributed by atoms with E-state index < -0.39 is 53.0 Å². The van der Waals surface area contributed by atoms with Crippen molar-refractivity contribution in [3.05, 3.63) is 47.7 Å². The van der Waals surface area contributed by atoms with Crippen molar-refractivity contribution in [3.8, 4) is 0 Å². The number of esters is 1. The van der Waals surface area contributed by atoms with Crippen molar-refractivity contribution in [1.29, 1.82) is 0 Å². The van der Waals surface area contributed by atoms with Gasteiger partial charge in [-0.2, -0.15) is 0 Å². The van der Waals surface area contributed by atoms with E-state index in [0.29, 0.717) is 25.1 Å². The van der Waals surface area contributed by atoms with Crippen LogP contribution in [0.25, 0.3) is 17.0 Å². The molecule has 0 aliphatic carbocycles. The maximum atomic E-state index is 13.7. The van der Waals surface area contributed by atoms with E-state index in [1.807, 2.05) is 43.3 Å². The second kappa shape index (κ2) is 14.9. The van der Waals surface area contributed by atoms with Crippen molar-refractivity contribution >= 4 is 46.8 Å². The summed E-state index contributed by atoms with van der Waals surface area (Å²) in [7, 11) is 1.71. The third-order valence-corrected chi connectivity index (χ3v) is 8.93. The molecule has 0 saturated carbocycles. The van der Waals surface area contributed by atoms with Crippen molar-refractivity contribution in [1.82, 2.24) is 31.0 Å². The van der Waals surface area contributed by atoms with Gasteiger partial charge in [0, 0.05) is 19.0 Å². The third-order valence-electron chi connectivity index (χ3n) is 8.93. The van der Waals surface area contributed by atoms with E-state index >= 15 is 0 Å². The zero-order chi connectivity index (χ0) is 36.3. The van der Waals surface area contributed by atoms with Crippen LogP contribution in [0.4, 0.5) is 4.79 Å². The van der Waals surface area contributed by atoms with E-state index in [1.165, 1.54) is 5.01 Å². The van der Waals surface area contributed by atoms with Crippen molar-refractivity contribution in [2.24, 2.45) is 11.3 Å². The smallest absolute Gasteiger partial charge is 0.408 e. The number of rotatable bonds is 1. The van der Waals surface area contributed by atoms with Gasteiger partial charge in [-0.1, -0.05) is 44.2 Å². The first-order valence-corrected chi connectivity index (χ1v) is 16.8. The summed E-state index contributed by atoms with van der Waals surface area (Å²) >= 11 is 0. The number of nitrogens with zero attached hydrogens (tertiary/aromatic N) is 3. The van der Waals surface area contributed by atoms with Crippen molar-refractivity contribution in [2.75, 3.05) is 20.2 Å². The number of hydrogen-bond acceptors (Lipinski definition) is 9. The highest BCUT2D eigenvalue weighted by atomic mass is 16.6. The van der Waals surface area contributed by atoms with Gasteiger partial charge < -0.3 is 25.0 Å². The molecule has 0 spiro atoms. The number of hydrogen-bond donors (Lipinski definition) is 3. The number of carbonyl (C=O) groups is 5. The summed E-state index contributed by atoms with van der Waals surface area (Å²) in [5.41, 5.74) is 3.10. The molecule has 4 rings (SSSR count). The lowest BCUT2D eigenvalue weighted by Gasteiger charge is -2.37. The normalized spacial score (nSPS) is 26.0. The molecule has 1 aromatic carbocycles. The molecule has 4 atom stereocenters. The molecule has 4 amide bonds. The average Bonchev–Trinajstić information content (AvgIpc) is 3.06. The lowest BCUT2D eigenvalue weighted by atomic mass is 9.92. The molecule has 13 nitrogen and oxygen atoms in total. The molecule has 2 aliphatic rings. The van der Waals surface area contributed by atoms with Gasteiger partial charge in [-0.05, 0) is 78.0 Å². The summed E-state index contributed by atoms with van der Waals surface area (Å²) in [5, 5.41) is 7.58. The van der Waals surface area contributed by atoms with Crippen molar-refractivity contribution in [2.45, 2.75) is 98.0 Å². The van der Waals surface area contributed by atoms with E-state index in [1.54, 1.807) is 66.5 Å². The number of hydrazine groups is 1.